The summed E-state index contributed by atoms with van der Waals surface area (Å²) in [5, 5.41) is 2.73. The van der Waals surface area contributed by atoms with E-state index in [4.69, 9.17) is 4.74 Å². The number of hydrogen-bond donors (Lipinski definition) is 1. The Morgan fingerprint density at radius 3 is 2.63 bits per heavy atom. The van der Waals surface area contributed by atoms with E-state index in [2.05, 4.69) is 5.32 Å². The van der Waals surface area contributed by atoms with E-state index in [1.807, 2.05) is 19.9 Å². The maximum Gasteiger partial charge on any atom is 0.390 e. The second-order valence-corrected chi connectivity index (χ2v) is 5.57. The van der Waals surface area contributed by atoms with E-state index in [-0.39, 0.29) is 5.60 Å². The Morgan fingerprint density at radius 1 is 1.37 bits per heavy atom. The maximum atomic E-state index is 12.5. The average Bonchev–Trinajstić information content (AvgIpc) is 2.57. The van der Waals surface area contributed by atoms with E-state index in [0.29, 0.717) is 5.56 Å². The van der Waals surface area contributed by atoms with Crippen molar-refractivity contribution in [2.24, 2.45) is 0 Å². The zero-order chi connectivity index (χ0) is 14.3. The van der Waals surface area contributed by atoms with Crippen molar-refractivity contribution in [1.29, 1.82) is 0 Å². The van der Waals surface area contributed by atoms with Gasteiger partial charge >= 0.3 is 6.18 Å². The highest BCUT2D eigenvalue weighted by molar-refractivity contribution is 5.42. The van der Waals surface area contributed by atoms with Crippen LogP contribution in [0.5, 0.6) is 5.75 Å². The summed E-state index contributed by atoms with van der Waals surface area (Å²) in [5.74, 6) is 0.774. The predicted molar refractivity (Wildman–Crippen MR) is 67.3 cm³/mol. The summed E-state index contributed by atoms with van der Waals surface area (Å²) in [6, 6.07) is 4.57. The number of alkyl halides is 3. The summed E-state index contributed by atoms with van der Waals surface area (Å²) in [5.41, 5.74) is 1.35. The summed E-state index contributed by atoms with van der Waals surface area (Å²) in [6.45, 7) is 3.94. The van der Waals surface area contributed by atoms with Crippen LogP contribution in [0.1, 0.15) is 37.4 Å². The summed E-state index contributed by atoms with van der Waals surface area (Å²) in [4.78, 5) is 0. The standard InChI is InChI=1S/C14H18F3NO/c1-13(2)7-10-6-9(4-5-12(10)19-13)11(18-3)8-14(15,16)17/h4-6,11,18H,7-8H2,1-3H3. The van der Waals surface area contributed by atoms with Crippen molar-refractivity contribution in [3.05, 3.63) is 29.3 Å². The fourth-order valence-electron chi connectivity index (χ4n) is 2.46. The molecule has 0 saturated carbocycles. The van der Waals surface area contributed by atoms with Gasteiger partial charge in [-0.3, -0.25) is 0 Å². The van der Waals surface area contributed by atoms with Gasteiger partial charge in [-0.15, -0.1) is 0 Å². The number of ether oxygens (including phenoxy) is 1. The van der Waals surface area contributed by atoms with Crippen molar-refractivity contribution < 1.29 is 17.9 Å². The quantitative estimate of drug-likeness (QED) is 0.908. The molecule has 0 bridgehead atoms. The predicted octanol–water partition coefficient (Wildman–Crippen LogP) is 3.61. The first-order chi connectivity index (χ1) is 8.70. The molecule has 1 aromatic carbocycles. The van der Waals surface area contributed by atoms with Crippen LogP contribution < -0.4 is 10.1 Å². The average molecular weight is 273 g/mol. The minimum absolute atomic E-state index is 0.278. The molecule has 0 amide bonds. The molecule has 2 nitrogen and oxygen atoms in total. The van der Waals surface area contributed by atoms with Gasteiger partial charge in [0.15, 0.2) is 0 Å². The van der Waals surface area contributed by atoms with Gasteiger partial charge in [-0.1, -0.05) is 12.1 Å². The van der Waals surface area contributed by atoms with E-state index in [1.165, 1.54) is 0 Å². The summed E-state index contributed by atoms with van der Waals surface area (Å²) < 4.78 is 43.3. The van der Waals surface area contributed by atoms with E-state index >= 15 is 0 Å². The van der Waals surface area contributed by atoms with Crippen LogP contribution in [0.3, 0.4) is 0 Å². The summed E-state index contributed by atoms with van der Waals surface area (Å²) >= 11 is 0. The van der Waals surface area contributed by atoms with Crippen molar-refractivity contribution in [2.75, 3.05) is 7.05 Å². The van der Waals surface area contributed by atoms with Crippen LogP contribution >= 0.6 is 0 Å². The van der Waals surface area contributed by atoms with Crippen molar-refractivity contribution in [1.82, 2.24) is 5.32 Å². The lowest BCUT2D eigenvalue weighted by Gasteiger charge is -2.19. The molecule has 0 saturated heterocycles. The molecule has 0 aromatic heterocycles. The van der Waals surface area contributed by atoms with Gasteiger partial charge in [0, 0.05) is 12.5 Å². The molecular formula is C14H18F3NO. The molecular weight excluding hydrogens is 255 g/mol. The van der Waals surface area contributed by atoms with Crippen molar-refractivity contribution in [2.45, 2.75) is 44.5 Å². The molecule has 1 aliphatic heterocycles. The summed E-state index contributed by atoms with van der Waals surface area (Å²) in [6.07, 6.45) is -4.33. The third-order valence-electron chi connectivity index (χ3n) is 3.27. The topological polar surface area (TPSA) is 21.3 Å². The first-order valence-corrected chi connectivity index (χ1v) is 6.26. The number of rotatable bonds is 3. The normalized spacial score (nSPS) is 18.8. The Bertz CT molecular complexity index is 468. The van der Waals surface area contributed by atoms with E-state index in [1.54, 1.807) is 19.2 Å². The van der Waals surface area contributed by atoms with E-state index in [0.717, 1.165) is 17.7 Å². The van der Waals surface area contributed by atoms with Crippen LogP contribution in [-0.2, 0) is 6.42 Å². The van der Waals surface area contributed by atoms with Crippen LogP contribution in [0.4, 0.5) is 13.2 Å². The van der Waals surface area contributed by atoms with Crippen molar-refractivity contribution >= 4 is 0 Å². The van der Waals surface area contributed by atoms with Gasteiger partial charge in [0.1, 0.15) is 11.4 Å². The molecule has 0 fully saturated rings. The van der Waals surface area contributed by atoms with Crippen molar-refractivity contribution in [3.63, 3.8) is 0 Å². The Labute approximate surface area is 111 Å². The van der Waals surface area contributed by atoms with Crippen molar-refractivity contribution in [3.8, 4) is 5.75 Å². The van der Waals surface area contributed by atoms with Crippen LogP contribution in [-0.4, -0.2) is 18.8 Å². The highest BCUT2D eigenvalue weighted by Gasteiger charge is 2.34. The van der Waals surface area contributed by atoms with Crippen LogP contribution in [0.15, 0.2) is 18.2 Å². The number of halogens is 3. The van der Waals surface area contributed by atoms with E-state index in [9.17, 15) is 13.2 Å². The first kappa shape index (κ1) is 14.2. The van der Waals surface area contributed by atoms with E-state index < -0.39 is 18.6 Å². The Morgan fingerprint density at radius 2 is 2.05 bits per heavy atom. The molecule has 1 atom stereocenters. The first-order valence-electron chi connectivity index (χ1n) is 6.26. The van der Waals surface area contributed by atoms with Gasteiger partial charge in [0.05, 0.1) is 6.42 Å². The second kappa shape index (κ2) is 4.71. The third-order valence-corrected chi connectivity index (χ3v) is 3.27. The minimum atomic E-state index is -4.18. The van der Waals surface area contributed by atoms with Gasteiger partial charge in [-0.2, -0.15) is 13.2 Å². The highest BCUT2D eigenvalue weighted by Crippen LogP contribution is 2.37. The number of hydrogen-bond acceptors (Lipinski definition) is 2. The molecule has 1 aliphatic rings. The lowest BCUT2D eigenvalue weighted by Crippen LogP contribution is -2.24. The Balaban J connectivity index is 2.23. The molecule has 0 radical (unpaired) electrons. The molecule has 0 aliphatic carbocycles. The molecule has 106 valence electrons. The van der Waals surface area contributed by atoms with Gasteiger partial charge in [-0.05, 0) is 38.1 Å². The van der Waals surface area contributed by atoms with Gasteiger partial charge < -0.3 is 10.1 Å². The second-order valence-electron chi connectivity index (χ2n) is 5.57. The van der Waals surface area contributed by atoms with Gasteiger partial charge in [0.25, 0.3) is 0 Å². The fraction of sp³-hybridized carbons (Fsp3) is 0.571. The minimum Gasteiger partial charge on any atom is -0.487 e. The molecule has 2 rings (SSSR count). The third kappa shape index (κ3) is 3.41. The molecule has 1 aromatic rings. The summed E-state index contributed by atoms with van der Waals surface area (Å²) in [7, 11) is 1.55. The Kier molecular flexibility index (Phi) is 3.51. The van der Waals surface area contributed by atoms with Crippen LogP contribution in [0.25, 0.3) is 0 Å². The monoisotopic (exact) mass is 273 g/mol. The largest absolute Gasteiger partial charge is 0.487 e. The molecule has 19 heavy (non-hydrogen) atoms. The number of fused-ring (bicyclic) bond motifs is 1. The lowest BCUT2D eigenvalue weighted by atomic mass is 9.96. The SMILES string of the molecule is CNC(CC(F)(F)F)c1ccc2c(c1)CC(C)(C)O2. The smallest absolute Gasteiger partial charge is 0.390 e. The van der Waals surface area contributed by atoms with Crippen LogP contribution in [0, 0.1) is 0 Å². The number of nitrogens with one attached hydrogen (secondary N) is 1. The lowest BCUT2D eigenvalue weighted by molar-refractivity contribution is -0.140. The molecule has 5 heteroatoms. The molecule has 1 N–H and O–H groups in total. The van der Waals surface area contributed by atoms with Gasteiger partial charge in [-0.25, -0.2) is 0 Å². The number of benzene rings is 1. The Hall–Kier alpha value is -1.23. The fourth-order valence-corrected chi connectivity index (χ4v) is 2.46. The van der Waals surface area contributed by atoms with Crippen LogP contribution in [0.2, 0.25) is 0 Å². The zero-order valence-electron chi connectivity index (χ0n) is 11.3. The zero-order valence-corrected chi connectivity index (χ0v) is 11.3. The molecule has 1 unspecified atom stereocenters. The molecule has 1 heterocycles. The van der Waals surface area contributed by atoms with Gasteiger partial charge in [0.2, 0.25) is 0 Å². The maximum absolute atomic E-state index is 12.5. The highest BCUT2D eigenvalue weighted by atomic mass is 19.4. The molecule has 0 spiro atoms.